The fourth-order valence-electron chi connectivity index (χ4n) is 2.31. The van der Waals surface area contributed by atoms with Gasteiger partial charge in [0.05, 0.1) is 11.9 Å². The van der Waals surface area contributed by atoms with Crippen molar-refractivity contribution >= 4 is 29.6 Å². The Morgan fingerprint density at radius 3 is 2.44 bits per heavy atom. The molecule has 3 rings (SSSR count). The van der Waals surface area contributed by atoms with Gasteiger partial charge in [0, 0.05) is 18.2 Å². The van der Waals surface area contributed by atoms with E-state index >= 15 is 0 Å². The van der Waals surface area contributed by atoms with Crippen LogP contribution in [-0.4, -0.2) is 15.9 Å². The lowest BCUT2D eigenvalue weighted by atomic mass is 10.1. The molecular formula is C20H18N4O. The molecule has 0 saturated carbocycles. The Morgan fingerprint density at radius 1 is 1.04 bits per heavy atom. The summed E-state index contributed by atoms with van der Waals surface area (Å²) < 4.78 is 0. The number of amides is 1. The standard InChI is InChI=1S/C20H18N4O/c1-14(25)23-20-18(12-7-15-5-3-2-4-6-15)24-19(13-22-20)16-8-10-17(21)11-9-16/h2-13H,21H2,1H3,(H,22,23,25). The summed E-state index contributed by atoms with van der Waals surface area (Å²) >= 11 is 0. The molecule has 0 saturated heterocycles. The van der Waals surface area contributed by atoms with Crippen LogP contribution in [0, 0.1) is 0 Å². The minimum absolute atomic E-state index is 0.191. The Bertz CT molecular complexity index is 903. The fraction of sp³-hybridized carbons (Fsp3) is 0.0500. The van der Waals surface area contributed by atoms with Crippen LogP contribution < -0.4 is 11.1 Å². The van der Waals surface area contributed by atoms with Crippen LogP contribution in [0.15, 0.2) is 60.8 Å². The van der Waals surface area contributed by atoms with E-state index in [4.69, 9.17) is 5.73 Å². The van der Waals surface area contributed by atoms with Gasteiger partial charge in [0.2, 0.25) is 5.91 Å². The number of hydrogen-bond donors (Lipinski definition) is 2. The Kier molecular flexibility index (Phi) is 4.85. The zero-order chi connectivity index (χ0) is 17.6. The SMILES string of the molecule is CC(=O)Nc1ncc(-c2ccc(N)cc2)nc1C=Cc1ccccc1. The molecule has 2 aromatic carbocycles. The van der Waals surface area contributed by atoms with E-state index in [-0.39, 0.29) is 5.91 Å². The first-order chi connectivity index (χ1) is 12.1. The number of nitrogen functional groups attached to an aromatic ring is 1. The van der Waals surface area contributed by atoms with Crippen LogP contribution in [0.25, 0.3) is 23.4 Å². The Balaban J connectivity index is 1.99. The minimum atomic E-state index is -0.191. The molecule has 0 spiro atoms. The summed E-state index contributed by atoms with van der Waals surface area (Å²) in [5, 5.41) is 2.71. The molecule has 0 unspecified atom stereocenters. The third kappa shape index (κ3) is 4.29. The van der Waals surface area contributed by atoms with E-state index < -0.39 is 0 Å². The summed E-state index contributed by atoms with van der Waals surface area (Å²) in [5.74, 6) is 0.239. The van der Waals surface area contributed by atoms with E-state index in [0.717, 1.165) is 11.1 Å². The first kappa shape index (κ1) is 16.4. The zero-order valence-electron chi connectivity index (χ0n) is 13.8. The van der Waals surface area contributed by atoms with E-state index in [0.29, 0.717) is 22.9 Å². The van der Waals surface area contributed by atoms with Crippen molar-refractivity contribution in [3.05, 3.63) is 72.1 Å². The molecule has 0 aliphatic heterocycles. The van der Waals surface area contributed by atoms with Crippen molar-refractivity contribution in [2.45, 2.75) is 6.92 Å². The van der Waals surface area contributed by atoms with E-state index in [1.807, 2.05) is 66.7 Å². The molecule has 0 atom stereocenters. The van der Waals surface area contributed by atoms with Gasteiger partial charge < -0.3 is 11.1 Å². The highest BCUT2D eigenvalue weighted by Crippen LogP contribution is 2.22. The molecule has 1 heterocycles. The van der Waals surface area contributed by atoms with Crippen molar-refractivity contribution in [1.29, 1.82) is 0 Å². The second-order valence-electron chi connectivity index (χ2n) is 5.54. The van der Waals surface area contributed by atoms with E-state index in [9.17, 15) is 4.79 Å². The number of anilines is 2. The van der Waals surface area contributed by atoms with Crippen molar-refractivity contribution in [3.63, 3.8) is 0 Å². The van der Waals surface area contributed by atoms with Crippen LogP contribution in [0.2, 0.25) is 0 Å². The summed E-state index contributed by atoms with van der Waals surface area (Å²) in [6.45, 7) is 1.44. The Labute approximate surface area is 146 Å². The summed E-state index contributed by atoms with van der Waals surface area (Å²) in [6, 6.07) is 17.3. The number of carbonyl (C=O) groups is 1. The lowest BCUT2D eigenvalue weighted by molar-refractivity contribution is -0.114. The van der Waals surface area contributed by atoms with Gasteiger partial charge in [-0.1, -0.05) is 48.5 Å². The lowest BCUT2D eigenvalue weighted by Gasteiger charge is -2.08. The predicted molar refractivity (Wildman–Crippen MR) is 102 cm³/mol. The molecule has 3 N–H and O–H groups in total. The van der Waals surface area contributed by atoms with Gasteiger partial charge in [-0.05, 0) is 23.8 Å². The third-order valence-electron chi connectivity index (χ3n) is 3.53. The van der Waals surface area contributed by atoms with E-state index in [2.05, 4.69) is 15.3 Å². The highest BCUT2D eigenvalue weighted by atomic mass is 16.1. The van der Waals surface area contributed by atoms with Crippen LogP contribution in [0.5, 0.6) is 0 Å². The molecule has 5 heteroatoms. The maximum absolute atomic E-state index is 11.4. The summed E-state index contributed by atoms with van der Waals surface area (Å²) in [7, 11) is 0. The maximum atomic E-state index is 11.4. The second kappa shape index (κ2) is 7.40. The molecule has 124 valence electrons. The normalized spacial score (nSPS) is 10.8. The number of aromatic nitrogens is 2. The average molecular weight is 330 g/mol. The maximum Gasteiger partial charge on any atom is 0.222 e. The van der Waals surface area contributed by atoms with Gasteiger partial charge in [0.25, 0.3) is 0 Å². The highest BCUT2D eigenvalue weighted by Gasteiger charge is 2.08. The smallest absolute Gasteiger partial charge is 0.222 e. The zero-order valence-corrected chi connectivity index (χ0v) is 13.8. The van der Waals surface area contributed by atoms with Gasteiger partial charge in [-0.2, -0.15) is 0 Å². The quantitative estimate of drug-likeness (QED) is 0.712. The molecule has 0 radical (unpaired) electrons. The molecule has 3 aromatic rings. The molecule has 0 bridgehead atoms. The lowest BCUT2D eigenvalue weighted by Crippen LogP contribution is -2.10. The monoisotopic (exact) mass is 330 g/mol. The topological polar surface area (TPSA) is 80.9 Å². The van der Waals surface area contributed by atoms with Gasteiger partial charge in [-0.25, -0.2) is 9.97 Å². The third-order valence-corrected chi connectivity index (χ3v) is 3.53. The van der Waals surface area contributed by atoms with Crippen molar-refractivity contribution in [3.8, 4) is 11.3 Å². The highest BCUT2D eigenvalue weighted by molar-refractivity contribution is 5.90. The van der Waals surface area contributed by atoms with Gasteiger partial charge >= 0.3 is 0 Å². The molecule has 0 fully saturated rings. The van der Waals surface area contributed by atoms with Crippen molar-refractivity contribution in [2.75, 3.05) is 11.1 Å². The van der Waals surface area contributed by atoms with Crippen LogP contribution in [0.1, 0.15) is 18.2 Å². The Morgan fingerprint density at radius 2 is 1.76 bits per heavy atom. The van der Waals surface area contributed by atoms with Gasteiger partial charge in [0.1, 0.15) is 5.69 Å². The predicted octanol–water partition coefficient (Wildman–Crippen LogP) is 3.85. The van der Waals surface area contributed by atoms with Gasteiger partial charge in [-0.15, -0.1) is 0 Å². The molecule has 1 amide bonds. The van der Waals surface area contributed by atoms with Crippen molar-refractivity contribution < 1.29 is 4.79 Å². The first-order valence-corrected chi connectivity index (χ1v) is 7.85. The largest absolute Gasteiger partial charge is 0.399 e. The number of carbonyl (C=O) groups excluding carboxylic acids is 1. The number of nitrogens with zero attached hydrogens (tertiary/aromatic N) is 2. The van der Waals surface area contributed by atoms with Crippen LogP contribution in [0.4, 0.5) is 11.5 Å². The van der Waals surface area contributed by atoms with Crippen LogP contribution in [-0.2, 0) is 4.79 Å². The molecule has 1 aromatic heterocycles. The molecule has 0 aliphatic rings. The van der Waals surface area contributed by atoms with E-state index in [1.165, 1.54) is 6.92 Å². The fourth-order valence-corrected chi connectivity index (χ4v) is 2.31. The summed E-state index contributed by atoms with van der Waals surface area (Å²) in [5.41, 5.74) is 9.67. The first-order valence-electron chi connectivity index (χ1n) is 7.85. The molecule has 5 nitrogen and oxygen atoms in total. The van der Waals surface area contributed by atoms with Crippen molar-refractivity contribution in [2.24, 2.45) is 0 Å². The number of nitrogens with two attached hydrogens (primary N) is 1. The van der Waals surface area contributed by atoms with Crippen molar-refractivity contribution in [1.82, 2.24) is 9.97 Å². The number of benzene rings is 2. The van der Waals surface area contributed by atoms with Crippen LogP contribution in [0.3, 0.4) is 0 Å². The Hall–Kier alpha value is -3.47. The van der Waals surface area contributed by atoms with Gasteiger partial charge in [-0.3, -0.25) is 4.79 Å². The minimum Gasteiger partial charge on any atom is -0.399 e. The molecule has 0 aliphatic carbocycles. The molecule has 25 heavy (non-hydrogen) atoms. The number of nitrogens with one attached hydrogen (secondary N) is 1. The average Bonchev–Trinajstić information content (AvgIpc) is 2.62. The summed E-state index contributed by atoms with van der Waals surface area (Å²) in [4.78, 5) is 20.4. The van der Waals surface area contributed by atoms with E-state index in [1.54, 1.807) is 6.20 Å². The second-order valence-corrected chi connectivity index (χ2v) is 5.54. The molecular weight excluding hydrogens is 312 g/mol. The van der Waals surface area contributed by atoms with Crippen LogP contribution >= 0.6 is 0 Å². The summed E-state index contributed by atoms with van der Waals surface area (Å²) in [6.07, 6.45) is 5.41. The van der Waals surface area contributed by atoms with Gasteiger partial charge in [0.15, 0.2) is 5.82 Å². The number of rotatable bonds is 4. The number of hydrogen-bond acceptors (Lipinski definition) is 4.